The number of furan rings is 1. The third-order valence-electron chi connectivity index (χ3n) is 5.39. The summed E-state index contributed by atoms with van der Waals surface area (Å²) in [4.78, 5) is 25.0. The molecular formula is C23H29NO6. The van der Waals surface area contributed by atoms with E-state index in [0.29, 0.717) is 25.2 Å². The van der Waals surface area contributed by atoms with Crippen LogP contribution in [0.5, 0.6) is 0 Å². The Kier molecular flexibility index (Phi) is 7.65. The fraction of sp³-hybridized carbons (Fsp3) is 0.478. The maximum absolute atomic E-state index is 12.4. The number of ether oxygens (including phenoxy) is 1. The van der Waals surface area contributed by atoms with Crippen LogP contribution < -0.4 is 4.90 Å². The third-order valence-corrected chi connectivity index (χ3v) is 5.39. The van der Waals surface area contributed by atoms with Gasteiger partial charge in [-0.25, -0.2) is 4.79 Å². The highest BCUT2D eigenvalue weighted by atomic mass is 16.5. The molecule has 162 valence electrons. The van der Waals surface area contributed by atoms with Crippen molar-refractivity contribution in [2.75, 3.05) is 11.5 Å². The van der Waals surface area contributed by atoms with Crippen LogP contribution in [-0.2, 0) is 16.1 Å². The summed E-state index contributed by atoms with van der Waals surface area (Å²) in [5.74, 6) is -0.758. The number of hydrogen-bond donors (Lipinski definition) is 2. The number of anilines is 1. The molecule has 0 aliphatic carbocycles. The van der Waals surface area contributed by atoms with Gasteiger partial charge in [0.2, 0.25) is 11.7 Å². The number of carbonyl (C=O) groups excluding carboxylic acids is 1. The zero-order chi connectivity index (χ0) is 21.5. The number of rotatable bonds is 11. The number of carbonyl (C=O) groups is 2. The zero-order valence-corrected chi connectivity index (χ0v) is 17.3. The maximum atomic E-state index is 12.4. The Morgan fingerprint density at radius 1 is 1.23 bits per heavy atom. The molecule has 2 heterocycles. The van der Waals surface area contributed by atoms with Crippen LogP contribution in [0.15, 0.2) is 40.8 Å². The van der Waals surface area contributed by atoms with Crippen molar-refractivity contribution in [2.45, 2.75) is 64.2 Å². The molecule has 30 heavy (non-hydrogen) atoms. The first-order valence-corrected chi connectivity index (χ1v) is 10.5. The summed E-state index contributed by atoms with van der Waals surface area (Å²) in [6.45, 7) is 2.61. The molecule has 1 aliphatic rings. The van der Waals surface area contributed by atoms with Gasteiger partial charge in [0.05, 0.1) is 18.8 Å². The molecular weight excluding hydrogens is 386 g/mol. The molecule has 2 aromatic rings. The van der Waals surface area contributed by atoms with Gasteiger partial charge in [-0.1, -0.05) is 38.3 Å². The van der Waals surface area contributed by atoms with Crippen molar-refractivity contribution in [3.05, 3.63) is 53.5 Å². The van der Waals surface area contributed by atoms with Crippen LogP contribution in [0.2, 0.25) is 0 Å². The van der Waals surface area contributed by atoms with E-state index >= 15 is 0 Å². The van der Waals surface area contributed by atoms with Gasteiger partial charge in [-0.15, -0.1) is 0 Å². The first kappa shape index (κ1) is 22.1. The standard InChI is InChI=1S/C23H29NO6/c1-2-3-4-5-20(25)16-6-8-17(9-7-16)24-18(10-13-22(24)26)14-29-15-19-11-12-21(30-19)23(27)28/h6-9,11-12,18,20,25H,2-5,10,13-15H2,1H3,(H,27,28)/t18?,20-/m1/s1. The van der Waals surface area contributed by atoms with Gasteiger partial charge in [0.25, 0.3) is 0 Å². The van der Waals surface area contributed by atoms with E-state index in [-0.39, 0.29) is 24.3 Å². The smallest absolute Gasteiger partial charge is 0.371 e. The fourth-order valence-corrected chi connectivity index (χ4v) is 3.73. The summed E-state index contributed by atoms with van der Waals surface area (Å²) in [7, 11) is 0. The Morgan fingerprint density at radius 2 is 2.00 bits per heavy atom. The second kappa shape index (κ2) is 10.4. The minimum atomic E-state index is -1.12. The third kappa shape index (κ3) is 5.49. The molecule has 7 nitrogen and oxygen atoms in total. The summed E-state index contributed by atoms with van der Waals surface area (Å²) in [5.41, 5.74) is 1.66. The summed E-state index contributed by atoms with van der Waals surface area (Å²) in [6, 6.07) is 10.4. The molecule has 1 aromatic carbocycles. The number of amides is 1. The van der Waals surface area contributed by atoms with Crippen LogP contribution in [0.3, 0.4) is 0 Å². The highest BCUT2D eigenvalue weighted by Gasteiger charge is 2.32. The molecule has 2 N–H and O–H groups in total. The molecule has 0 radical (unpaired) electrons. The lowest BCUT2D eigenvalue weighted by Crippen LogP contribution is -2.36. The Morgan fingerprint density at radius 3 is 2.67 bits per heavy atom. The van der Waals surface area contributed by atoms with Crippen LogP contribution in [0.1, 0.15) is 73.4 Å². The minimum absolute atomic E-state index is 0.0472. The lowest BCUT2D eigenvalue weighted by atomic mass is 10.0. The minimum Gasteiger partial charge on any atom is -0.475 e. The normalized spacial score (nSPS) is 17.5. The largest absolute Gasteiger partial charge is 0.475 e. The highest BCUT2D eigenvalue weighted by molar-refractivity contribution is 5.96. The summed E-state index contributed by atoms with van der Waals surface area (Å²) in [5, 5.41) is 19.2. The van der Waals surface area contributed by atoms with Crippen molar-refractivity contribution in [1.82, 2.24) is 0 Å². The van der Waals surface area contributed by atoms with Crippen LogP contribution in [0.25, 0.3) is 0 Å². The molecule has 1 saturated heterocycles. The van der Waals surface area contributed by atoms with E-state index in [9.17, 15) is 14.7 Å². The van der Waals surface area contributed by atoms with Crippen molar-refractivity contribution in [3.63, 3.8) is 0 Å². The van der Waals surface area contributed by atoms with Gasteiger partial charge in [0, 0.05) is 12.1 Å². The van der Waals surface area contributed by atoms with Crippen molar-refractivity contribution >= 4 is 17.6 Å². The van der Waals surface area contributed by atoms with Crippen LogP contribution in [-0.4, -0.2) is 34.7 Å². The number of carboxylic acid groups (broad SMARTS) is 1. The lowest BCUT2D eigenvalue weighted by molar-refractivity contribution is -0.117. The molecule has 0 saturated carbocycles. The number of aliphatic hydroxyl groups is 1. The number of benzene rings is 1. The molecule has 1 aromatic heterocycles. The quantitative estimate of drug-likeness (QED) is 0.531. The van der Waals surface area contributed by atoms with Gasteiger partial charge in [-0.3, -0.25) is 4.79 Å². The Balaban J connectivity index is 1.56. The SMILES string of the molecule is CCCCC[C@@H](O)c1ccc(N2C(=O)CCC2COCc2ccc(C(=O)O)o2)cc1. The van der Waals surface area contributed by atoms with E-state index in [1.54, 1.807) is 11.0 Å². The Bertz CT molecular complexity index is 844. The van der Waals surface area contributed by atoms with Crippen molar-refractivity contribution < 1.29 is 29.0 Å². The van der Waals surface area contributed by atoms with E-state index in [2.05, 4.69) is 6.92 Å². The summed E-state index contributed by atoms with van der Waals surface area (Å²) < 4.78 is 10.9. The van der Waals surface area contributed by atoms with E-state index in [1.807, 2.05) is 24.3 Å². The van der Waals surface area contributed by atoms with Gasteiger partial charge in [-0.05, 0) is 42.7 Å². The maximum Gasteiger partial charge on any atom is 0.371 e. The molecule has 1 fully saturated rings. The molecule has 2 atom stereocenters. The Hall–Kier alpha value is -2.64. The summed E-state index contributed by atoms with van der Waals surface area (Å²) in [6.07, 6.45) is 4.62. The first-order chi connectivity index (χ1) is 14.5. The number of aromatic carboxylic acids is 1. The molecule has 1 amide bonds. The average Bonchev–Trinajstić information content (AvgIpc) is 3.35. The van der Waals surface area contributed by atoms with Gasteiger partial charge >= 0.3 is 5.97 Å². The van der Waals surface area contributed by atoms with Crippen molar-refractivity contribution in [1.29, 1.82) is 0 Å². The second-order valence-electron chi connectivity index (χ2n) is 7.65. The molecule has 3 rings (SSSR count). The zero-order valence-electron chi connectivity index (χ0n) is 17.3. The van der Waals surface area contributed by atoms with Gasteiger partial charge in [0.1, 0.15) is 12.4 Å². The second-order valence-corrected chi connectivity index (χ2v) is 7.65. The predicted octanol–water partition coefficient (Wildman–Crippen LogP) is 4.30. The molecule has 7 heteroatoms. The van der Waals surface area contributed by atoms with Gasteiger partial charge in [-0.2, -0.15) is 0 Å². The Labute approximate surface area is 176 Å². The van der Waals surface area contributed by atoms with Crippen molar-refractivity contribution in [2.24, 2.45) is 0 Å². The number of unbranched alkanes of at least 4 members (excludes halogenated alkanes) is 2. The number of aliphatic hydroxyl groups excluding tert-OH is 1. The summed E-state index contributed by atoms with van der Waals surface area (Å²) >= 11 is 0. The van der Waals surface area contributed by atoms with E-state index in [0.717, 1.165) is 36.9 Å². The number of carboxylic acids is 1. The monoisotopic (exact) mass is 415 g/mol. The van der Waals surface area contributed by atoms with E-state index in [4.69, 9.17) is 14.3 Å². The molecule has 1 unspecified atom stereocenters. The van der Waals surface area contributed by atoms with Crippen molar-refractivity contribution in [3.8, 4) is 0 Å². The van der Waals surface area contributed by atoms with E-state index < -0.39 is 12.1 Å². The first-order valence-electron chi connectivity index (χ1n) is 10.5. The number of nitrogens with zero attached hydrogens (tertiary/aromatic N) is 1. The number of hydrogen-bond acceptors (Lipinski definition) is 5. The molecule has 0 spiro atoms. The predicted molar refractivity (Wildman–Crippen MR) is 111 cm³/mol. The van der Waals surface area contributed by atoms with Crippen LogP contribution in [0.4, 0.5) is 5.69 Å². The molecule has 1 aliphatic heterocycles. The van der Waals surface area contributed by atoms with Gasteiger partial charge < -0.3 is 24.3 Å². The highest BCUT2D eigenvalue weighted by Crippen LogP contribution is 2.29. The molecule has 0 bridgehead atoms. The lowest BCUT2D eigenvalue weighted by Gasteiger charge is -2.25. The van der Waals surface area contributed by atoms with Crippen LogP contribution in [0, 0.1) is 0 Å². The average molecular weight is 415 g/mol. The topological polar surface area (TPSA) is 100 Å². The fourth-order valence-electron chi connectivity index (χ4n) is 3.73. The van der Waals surface area contributed by atoms with Crippen LogP contribution >= 0.6 is 0 Å². The van der Waals surface area contributed by atoms with Gasteiger partial charge in [0.15, 0.2) is 0 Å². The van der Waals surface area contributed by atoms with E-state index in [1.165, 1.54) is 6.07 Å².